The van der Waals surface area contributed by atoms with E-state index in [4.69, 9.17) is 4.98 Å². The molecule has 1 saturated heterocycles. The molecule has 1 aliphatic heterocycles. The van der Waals surface area contributed by atoms with Crippen LogP contribution in [0.15, 0.2) is 59.4 Å². The molecule has 0 saturated carbocycles. The molecular weight excluding hydrogens is 470 g/mol. The van der Waals surface area contributed by atoms with Crippen LogP contribution in [-0.2, 0) is 13.1 Å². The Morgan fingerprint density at radius 1 is 1.11 bits per heavy atom. The third-order valence-corrected chi connectivity index (χ3v) is 7.63. The van der Waals surface area contributed by atoms with E-state index in [0.29, 0.717) is 33.2 Å². The molecule has 1 aliphatic rings. The number of rotatable bonds is 6. The van der Waals surface area contributed by atoms with Crippen molar-refractivity contribution < 1.29 is 4.79 Å². The molecule has 0 unspecified atom stereocenters. The van der Waals surface area contributed by atoms with Gasteiger partial charge in [-0.15, -0.1) is 11.3 Å². The largest absolute Gasteiger partial charge is 0.347 e. The van der Waals surface area contributed by atoms with Crippen LogP contribution in [0.3, 0.4) is 0 Å². The van der Waals surface area contributed by atoms with Crippen molar-refractivity contribution >= 4 is 33.4 Å². The molecule has 1 fully saturated rings. The zero-order valence-corrected chi connectivity index (χ0v) is 21.0. The van der Waals surface area contributed by atoms with Crippen molar-refractivity contribution in [1.29, 1.82) is 5.26 Å². The fourth-order valence-electron chi connectivity index (χ4n) is 4.50. The molecule has 0 aliphatic carbocycles. The van der Waals surface area contributed by atoms with E-state index in [9.17, 15) is 14.9 Å². The number of hydrogen-bond acceptors (Lipinski definition) is 6. The summed E-state index contributed by atoms with van der Waals surface area (Å²) < 4.78 is 2.11. The predicted octanol–water partition coefficient (Wildman–Crippen LogP) is 4.61. The first-order valence-corrected chi connectivity index (χ1v) is 13.0. The lowest BCUT2D eigenvalue weighted by molar-refractivity contribution is 0.0955. The minimum atomic E-state index is -0.223. The van der Waals surface area contributed by atoms with Crippen LogP contribution in [0.25, 0.3) is 10.2 Å². The molecule has 4 aromatic rings. The van der Waals surface area contributed by atoms with Crippen molar-refractivity contribution in [2.45, 2.75) is 39.3 Å². The minimum Gasteiger partial charge on any atom is -0.347 e. The summed E-state index contributed by atoms with van der Waals surface area (Å²) in [4.78, 5) is 34.1. The monoisotopic (exact) mass is 497 g/mol. The number of thiophene rings is 1. The predicted molar refractivity (Wildman–Crippen MR) is 143 cm³/mol. The van der Waals surface area contributed by atoms with E-state index in [-0.39, 0.29) is 18.0 Å². The number of hydrogen-bond donors (Lipinski definition) is 1. The van der Waals surface area contributed by atoms with E-state index in [0.717, 1.165) is 43.5 Å². The lowest BCUT2D eigenvalue weighted by atomic mass is 10.1. The van der Waals surface area contributed by atoms with Gasteiger partial charge < -0.3 is 10.2 Å². The number of carbonyl (C=O) groups is 1. The van der Waals surface area contributed by atoms with Gasteiger partial charge in [0.2, 0.25) is 5.95 Å². The Bertz CT molecular complexity index is 1510. The van der Waals surface area contributed by atoms with Gasteiger partial charge in [0.1, 0.15) is 4.70 Å². The molecule has 36 heavy (non-hydrogen) atoms. The second-order valence-corrected chi connectivity index (χ2v) is 10.2. The van der Waals surface area contributed by atoms with Crippen LogP contribution in [0, 0.1) is 18.3 Å². The summed E-state index contributed by atoms with van der Waals surface area (Å²) in [6.45, 7) is 4.34. The Labute approximate surface area is 213 Å². The molecule has 7 nitrogen and oxygen atoms in total. The lowest BCUT2D eigenvalue weighted by Gasteiger charge is -2.29. The number of nitrogens with zero attached hydrogens (tertiary/aromatic N) is 4. The summed E-state index contributed by atoms with van der Waals surface area (Å²) in [7, 11) is 0. The van der Waals surface area contributed by atoms with Gasteiger partial charge in [-0.3, -0.25) is 14.2 Å². The Morgan fingerprint density at radius 2 is 1.86 bits per heavy atom. The lowest BCUT2D eigenvalue weighted by Crippen LogP contribution is -2.36. The maximum absolute atomic E-state index is 13.7. The van der Waals surface area contributed by atoms with Crippen molar-refractivity contribution in [2.24, 2.45) is 0 Å². The first kappa shape index (κ1) is 23.8. The van der Waals surface area contributed by atoms with Gasteiger partial charge in [-0.25, -0.2) is 4.98 Å². The standard InChI is InChI=1S/C28H27N5O2S/c1-19-9-11-20(12-10-19)17-30-26(34)24-15-23-25(36-24)27(35)33(18-22-8-4-3-7-21(22)16-29)28(31-23)32-13-5-2-6-14-32/h3-4,7-12,15H,2,5-6,13-14,17-18H2,1H3,(H,30,34). The van der Waals surface area contributed by atoms with Gasteiger partial charge >= 0.3 is 0 Å². The van der Waals surface area contributed by atoms with E-state index < -0.39 is 0 Å². The van der Waals surface area contributed by atoms with Crippen LogP contribution in [0.4, 0.5) is 5.95 Å². The van der Waals surface area contributed by atoms with Gasteiger partial charge in [0.05, 0.1) is 28.6 Å². The number of amides is 1. The van der Waals surface area contributed by atoms with Gasteiger partial charge in [-0.1, -0.05) is 48.0 Å². The van der Waals surface area contributed by atoms with Crippen molar-refractivity contribution in [3.05, 3.63) is 92.1 Å². The summed E-state index contributed by atoms with van der Waals surface area (Å²) >= 11 is 1.17. The van der Waals surface area contributed by atoms with Crippen LogP contribution < -0.4 is 15.8 Å². The molecule has 2 aromatic carbocycles. The highest BCUT2D eigenvalue weighted by molar-refractivity contribution is 7.20. The molecule has 2 aromatic heterocycles. The molecule has 0 atom stereocenters. The average Bonchev–Trinajstić information content (AvgIpc) is 3.35. The minimum absolute atomic E-state index is 0.184. The van der Waals surface area contributed by atoms with E-state index in [1.807, 2.05) is 49.4 Å². The molecule has 0 bridgehead atoms. The van der Waals surface area contributed by atoms with Crippen LogP contribution >= 0.6 is 11.3 Å². The van der Waals surface area contributed by atoms with Crippen LogP contribution in [0.5, 0.6) is 0 Å². The SMILES string of the molecule is Cc1ccc(CNC(=O)c2cc3nc(N4CCCCC4)n(Cc4ccccc4C#N)c(=O)c3s2)cc1. The van der Waals surface area contributed by atoms with E-state index in [1.54, 1.807) is 16.7 Å². The number of benzene rings is 2. The molecule has 8 heteroatoms. The summed E-state index contributed by atoms with van der Waals surface area (Å²) in [5.74, 6) is 0.378. The van der Waals surface area contributed by atoms with E-state index >= 15 is 0 Å². The fraction of sp³-hybridized carbons (Fsp3) is 0.286. The normalized spacial score (nSPS) is 13.5. The number of piperidine rings is 1. The van der Waals surface area contributed by atoms with E-state index in [2.05, 4.69) is 16.3 Å². The average molecular weight is 498 g/mol. The quantitative estimate of drug-likeness (QED) is 0.420. The van der Waals surface area contributed by atoms with Gasteiger partial charge in [-0.2, -0.15) is 5.26 Å². The summed E-state index contributed by atoms with van der Waals surface area (Å²) in [6, 6.07) is 19.3. The van der Waals surface area contributed by atoms with Gasteiger partial charge in [-0.05, 0) is 49.4 Å². The van der Waals surface area contributed by atoms with Crippen molar-refractivity contribution in [2.75, 3.05) is 18.0 Å². The molecular formula is C28H27N5O2S. The fourth-order valence-corrected chi connectivity index (χ4v) is 5.46. The highest BCUT2D eigenvalue weighted by Crippen LogP contribution is 2.26. The highest BCUT2D eigenvalue weighted by atomic mass is 32.1. The second kappa shape index (κ2) is 10.3. The Morgan fingerprint density at radius 3 is 2.61 bits per heavy atom. The third kappa shape index (κ3) is 4.88. The zero-order valence-electron chi connectivity index (χ0n) is 20.2. The number of aromatic nitrogens is 2. The number of aryl methyl sites for hydroxylation is 1. The molecule has 0 spiro atoms. The Kier molecular flexibility index (Phi) is 6.83. The summed E-state index contributed by atoms with van der Waals surface area (Å²) in [5, 5.41) is 12.5. The molecule has 3 heterocycles. The number of anilines is 1. The zero-order chi connectivity index (χ0) is 25.1. The van der Waals surface area contributed by atoms with Crippen LogP contribution in [0.1, 0.15) is 51.2 Å². The topological polar surface area (TPSA) is 91.0 Å². The smallest absolute Gasteiger partial charge is 0.273 e. The van der Waals surface area contributed by atoms with Crippen molar-refractivity contribution in [3.63, 3.8) is 0 Å². The first-order chi connectivity index (χ1) is 17.5. The van der Waals surface area contributed by atoms with Crippen LogP contribution in [-0.4, -0.2) is 28.5 Å². The maximum atomic E-state index is 13.7. The third-order valence-electron chi connectivity index (χ3n) is 6.52. The number of nitrogens with one attached hydrogen (secondary N) is 1. The van der Waals surface area contributed by atoms with Crippen LogP contribution in [0.2, 0.25) is 0 Å². The second-order valence-electron chi connectivity index (χ2n) is 9.11. The Balaban J connectivity index is 1.51. The van der Waals surface area contributed by atoms with Crippen molar-refractivity contribution in [1.82, 2.24) is 14.9 Å². The maximum Gasteiger partial charge on any atom is 0.273 e. The Hall–Kier alpha value is -3.96. The summed E-state index contributed by atoms with van der Waals surface area (Å²) in [5.41, 5.74) is 3.84. The number of carbonyl (C=O) groups excluding carboxylic acids is 1. The first-order valence-electron chi connectivity index (χ1n) is 12.1. The number of nitriles is 1. The van der Waals surface area contributed by atoms with Crippen molar-refractivity contribution in [3.8, 4) is 6.07 Å². The van der Waals surface area contributed by atoms with Gasteiger partial charge in [0.15, 0.2) is 0 Å². The van der Waals surface area contributed by atoms with Gasteiger partial charge in [0.25, 0.3) is 11.5 Å². The number of fused-ring (bicyclic) bond motifs is 1. The van der Waals surface area contributed by atoms with E-state index in [1.165, 1.54) is 16.9 Å². The molecule has 0 radical (unpaired) electrons. The molecule has 1 amide bonds. The molecule has 182 valence electrons. The summed E-state index contributed by atoms with van der Waals surface area (Å²) in [6.07, 6.45) is 3.24. The van der Waals surface area contributed by atoms with Gasteiger partial charge in [0, 0.05) is 19.6 Å². The highest BCUT2D eigenvalue weighted by Gasteiger charge is 2.22. The molecule has 1 N–H and O–H groups in total. The molecule has 5 rings (SSSR count).